The number of carbonyl (C=O) groups excluding carboxylic acids is 4. The number of aliphatic hydroxyl groups is 3. The minimum atomic E-state index is -2.46. The van der Waals surface area contributed by atoms with Crippen molar-refractivity contribution in [2.45, 2.75) is 95.0 Å². The fourth-order valence-corrected chi connectivity index (χ4v) is 9.62. The van der Waals surface area contributed by atoms with E-state index in [4.69, 9.17) is 23.7 Å². The van der Waals surface area contributed by atoms with E-state index >= 15 is 0 Å². The van der Waals surface area contributed by atoms with E-state index in [0.717, 1.165) is 19.3 Å². The third kappa shape index (κ3) is 2.31. The lowest BCUT2D eigenvalue weighted by Crippen LogP contribution is -2.67. The first-order valence-electron chi connectivity index (χ1n) is 13.6. The molecule has 0 radical (unpaired) electrons. The van der Waals surface area contributed by atoms with Crippen LogP contribution in [0.2, 0.25) is 0 Å². The Morgan fingerprint density at radius 1 is 1.00 bits per heavy atom. The fraction of sp³-hybridized carbons (Fsp3) is 0.846. The Morgan fingerprint density at radius 3 is 2.31 bits per heavy atom. The summed E-state index contributed by atoms with van der Waals surface area (Å²) in [5.74, 6) is -5.31. The predicted octanol–water partition coefficient (Wildman–Crippen LogP) is -0.768. The number of likely N-dealkylation sites (tertiary alicyclic amines) is 1. The van der Waals surface area contributed by atoms with E-state index in [1.54, 1.807) is 25.7 Å². The lowest BCUT2D eigenvalue weighted by Gasteiger charge is -2.47. The Morgan fingerprint density at radius 2 is 1.67 bits per heavy atom. The Hall–Kier alpha value is -2.48. The summed E-state index contributed by atoms with van der Waals surface area (Å²) in [6.45, 7) is 7.72. The van der Waals surface area contributed by atoms with Crippen LogP contribution in [0.3, 0.4) is 0 Å². The third-order valence-corrected chi connectivity index (χ3v) is 10.8. The summed E-state index contributed by atoms with van der Waals surface area (Å²) in [6, 6.07) is 0. The van der Waals surface area contributed by atoms with Crippen LogP contribution >= 0.6 is 0 Å². The number of aliphatic hydroxyl groups excluding tert-OH is 2. The van der Waals surface area contributed by atoms with Gasteiger partial charge in [0.1, 0.15) is 12.2 Å². The number of esters is 3. The molecule has 5 saturated heterocycles. The van der Waals surface area contributed by atoms with Crippen molar-refractivity contribution in [1.82, 2.24) is 4.90 Å². The zero-order valence-corrected chi connectivity index (χ0v) is 22.1. The van der Waals surface area contributed by atoms with Gasteiger partial charge in [-0.15, -0.1) is 0 Å². The van der Waals surface area contributed by atoms with Gasteiger partial charge in [0.05, 0.1) is 16.7 Å². The molecule has 5 aliphatic heterocycles. The van der Waals surface area contributed by atoms with E-state index in [1.807, 2.05) is 0 Å². The molecule has 2 saturated carbocycles. The largest absolute Gasteiger partial charge is 0.456 e. The topological polar surface area (TPSA) is 178 Å². The Labute approximate surface area is 223 Å². The van der Waals surface area contributed by atoms with Crippen LogP contribution < -0.4 is 0 Å². The second-order valence-corrected chi connectivity index (χ2v) is 13.2. The minimum Gasteiger partial charge on any atom is -0.456 e. The van der Waals surface area contributed by atoms with Crippen LogP contribution in [0, 0.1) is 28.1 Å². The summed E-state index contributed by atoms with van der Waals surface area (Å²) >= 11 is 0. The summed E-state index contributed by atoms with van der Waals surface area (Å²) in [6.07, 6.45) is -7.82. The van der Waals surface area contributed by atoms with E-state index in [-0.39, 0.29) is 0 Å². The van der Waals surface area contributed by atoms with Gasteiger partial charge < -0.3 is 43.9 Å². The number of amides is 1. The first-order chi connectivity index (χ1) is 18.2. The molecule has 13 heteroatoms. The van der Waals surface area contributed by atoms with Crippen LogP contribution in [-0.4, -0.2) is 105 Å². The normalized spacial score (nSPS) is 53.1. The molecule has 7 aliphatic rings. The maximum Gasteiger partial charge on any atom is 0.410 e. The van der Waals surface area contributed by atoms with Crippen LogP contribution in [-0.2, 0) is 38.1 Å². The second kappa shape index (κ2) is 7.23. The molecule has 2 spiro atoms. The highest BCUT2D eigenvalue weighted by atomic mass is 16.8. The van der Waals surface area contributed by atoms with Crippen LogP contribution in [0.25, 0.3) is 0 Å². The van der Waals surface area contributed by atoms with Gasteiger partial charge in [0, 0.05) is 19.0 Å². The van der Waals surface area contributed by atoms with E-state index < -0.39 is 100 Å². The number of carbonyl (C=O) groups is 4. The molecule has 39 heavy (non-hydrogen) atoms. The molecular weight excluding hydrogens is 518 g/mol. The van der Waals surface area contributed by atoms with Crippen molar-refractivity contribution in [3.63, 3.8) is 0 Å². The number of hydrogen-bond donors (Lipinski definition) is 3. The number of rotatable bonds is 1. The predicted molar refractivity (Wildman–Crippen MR) is 123 cm³/mol. The SMILES string of the molecule is C[C@@H]1C(=O)OC2C(O)C34C5OC(=O)C3(OC3OC(=O)[C@H](O)C34C(C(C)(C)C)[C@H]5OC(=O)N3CCCCC3)[C@]21O. The van der Waals surface area contributed by atoms with E-state index in [1.165, 1.54) is 6.92 Å². The van der Waals surface area contributed by atoms with Gasteiger partial charge in [0.25, 0.3) is 0 Å². The summed E-state index contributed by atoms with van der Waals surface area (Å²) in [4.78, 5) is 54.6. The van der Waals surface area contributed by atoms with Gasteiger partial charge in [0.15, 0.2) is 23.9 Å². The molecule has 1 amide bonds. The maximum atomic E-state index is 13.9. The van der Waals surface area contributed by atoms with Crippen molar-refractivity contribution in [1.29, 1.82) is 0 Å². The van der Waals surface area contributed by atoms with Gasteiger partial charge in [-0.05, 0) is 31.6 Å². The monoisotopic (exact) mass is 551 g/mol. The minimum absolute atomic E-state index is 0.476. The molecule has 214 valence electrons. The Balaban J connectivity index is 1.48. The number of nitrogens with zero attached hydrogens (tertiary/aromatic N) is 1. The van der Waals surface area contributed by atoms with Crippen molar-refractivity contribution in [3.05, 3.63) is 0 Å². The average Bonchev–Trinajstić information content (AvgIpc) is 3.58. The van der Waals surface area contributed by atoms with Crippen LogP contribution in [0.1, 0.15) is 47.0 Å². The van der Waals surface area contributed by atoms with Crippen LogP contribution in [0.15, 0.2) is 0 Å². The maximum absolute atomic E-state index is 13.9. The number of fused-ring (bicyclic) bond motifs is 1. The fourth-order valence-electron chi connectivity index (χ4n) is 9.62. The van der Waals surface area contributed by atoms with Crippen molar-refractivity contribution in [3.8, 4) is 0 Å². The third-order valence-electron chi connectivity index (χ3n) is 10.8. The van der Waals surface area contributed by atoms with Gasteiger partial charge in [-0.25, -0.2) is 14.4 Å². The van der Waals surface area contributed by atoms with E-state index in [9.17, 15) is 34.5 Å². The quantitative estimate of drug-likeness (QED) is 0.274. The van der Waals surface area contributed by atoms with Crippen molar-refractivity contribution in [2.24, 2.45) is 28.1 Å². The van der Waals surface area contributed by atoms with Gasteiger partial charge >= 0.3 is 24.0 Å². The standard InChI is InChI=1S/C26H33NO12/c1-10-17(30)36-16-13(28)24-15-11(35-21(33)27-8-6-5-7-9-27)12(22(2,3)4)23(24)14(29)18(31)38-20(23)39-26(24,19(32)37-15)25(10,16)34/h10-16,20,28-29,34H,5-9H2,1-4H3/t10-,11-,12?,13?,14+,15?,16?,20?,23?,24?,25-,26?/m1/s1. The smallest absolute Gasteiger partial charge is 0.410 e. The average molecular weight is 552 g/mol. The van der Waals surface area contributed by atoms with Crippen molar-refractivity contribution >= 4 is 24.0 Å². The van der Waals surface area contributed by atoms with Gasteiger partial charge in [-0.3, -0.25) is 4.79 Å². The first-order valence-corrected chi connectivity index (χ1v) is 13.6. The molecule has 8 unspecified atom stereocenters. The zero-order chi connectivity index (χ0) is 28.1. The molecule has 12 atom stereocenters. The number of hydrogen-bond acceptors (Lipinski definition) is 12. The molecule has 3 N–H and O–H groups in total. The van der Waals surface area contributed by atoms with Crippen LogP contribution in [0.4, 0.5) is 4.79 Å². The van der Waals surface area contributed by atoms with E-state index in [2.05, 4.69) is 0 Å². The second-order valence-electron chi connectivity index (χ2n) is 13.2. The molecule has 0 bridgehead atoms. The summed E-state index contributed by atoms with van der Waals surface area (Å²) in [5, 5.41) is 35.9. The molecule has 0 aromatic carbocycles. The van der Waals surface area contributed by atoms with Gasteiger partial charge in [0.2, 0.25) is 11.9 Å². The van der Waals surface area contributed by atoms with Gasteiger partial charge in [-0.2, -0.15) is 0 Å². The van der Waals surface area contributed by atoms with Crippen molar-refractivity contribution in [2.75, 3.05) is 13.1 Å². The number of piperidine rings is 1. The Kier molecular flexibility index (Phi) is 4.72. The lowest BCUT2D eigenvalue weighted by molar-refractivity contribution is -0.240. The number of ether oxygens (including phenoxy) is 5. The summed E-state index contributed by atoms with van der Waals surface area (Å²) < 4.78 is 29.2. The Bertz CT molecular complexity index is 1190. The van der Waals surface area contributed by atoms with Crippen molar-refractivity contribution < 1.29 is 58.2 Å². The molecule has 0 aromatic rings. The summed E-state index contributed by atoms with van der Waals surface area (Å²) in [7, 11) is 0. The molecule has 7 fully saturated rings. The van der Waals surface area contributed by atoms with E-state index in [0.29, 0.717) is 13.1 Å². The van der Waals surface area contributed by atoms with Crippen LogP contribution in [0.5, 0.6) is 0 Å². The lowest BCUT2D eigenvalue weighted by atomic mass is 9.51. The highest BCUT2D eigenvalue weighted by Gasteiger charge is 3.05. The molecular formula is C26H33NO12. The molecule has 0 aromatic heterocycles. The van der Waals surface area contributed by atoms with Gasteiger partial charge in [-0.1, -0.05) is 20.8 Å². The highest BCUT2D eigenvalue weighted by Crippen LogP contribution is 2.84. The summed E-state index contributed by atoms with van der Waals surface area (Å²) in [5.41, 5.74) is -9.70. The molecule has 2 aliphatic carbocycles. The molecule has 5 heterocycles. The zero-order valence-electron chi connectivity index (χ0n) is 22.1. The molecule has 7 rings (SSSR count). The highest BCUT2D eigenvalue weighted by molar-refractivity contribution is 5.94. The first kappa shape index (κ1) is 25.5. The molecule has 13 nitrogen and oxygen atoms in total.